The van der Waals surface area contributed by atoms with Crippen LogP contribution in [0.4, 0.5) is 10.5 Å². The van der Waals surface area contributed by atoms with Crippen molar-refractivity contribution in [2.75, 3.05) is 11.9 Å². The average molecular weight is 406 g/mol. The molecule has 2 N–H and O–H groups in total. The number of rotatable bonds is 2. The molecule has 0 spiro atoms. The zero-order valence-corrected chi connectivity index (χ0v) is 13.9. The van der Waals surface area contributed by atoms with E-state index in [1.807, 2.05) is 13.0 Å². The smallest absolute Gasteiger partial charge is 0.326 e. The quantitative estimate of drug-likeness (QED) is 0.790. The van der Waals surface area contributed by atoms with Gasteiger partial charge >= 0.3 is 12.0 Å². The summed E-state index contributed by atoms with van der Waals surface area (Å²) in [7, 11) is 0. The van der Waals surface area contributed by atoms with E-state index in [1.165, 1.54) is 4.90 Å². The number of halogens is 2. The van der Waals surface area contributed by atoms with Crippen molar-refractivity contribution in [2.24, 2.45) is 5.92 Å². The van der Waals surface area contributed by atoms with Gasteiger partial charge in [0.2, 0.25) is 0 Å². The maximum atomic E-state index is 12.3. The number of nitrogens with one attached hydrogen (secondary N) is 1. The van der Waals surface area contributed by atoms with Gasteiger partial charge < -0.3 is 15.3 Å². The molecule has 1 saturated heterocycles. The highest BCUT2D eigenvalue weighted by Crippen LogP contribution is 2.29. The highest BCUT2D eigenvalue weighted by molar-refractivity contribution is 9.11. The van der Waals surface area contributed by atoms with Gasteiger partial charge in [-0.2, -0.15) is 0 Å². The number of likely N-dealkylation sites (tertiary alicyclic amines) is 1. The molecule has 0 aromatic heterocycles. The molecule has 2 rings (SSSR count). The molecule has 5 nitrogen and oxygen atoms in total. The molecule has 0 saturated carbocycles. The SMILES string of the molecule is CC1CCN(C(=O)Nc2cc(Br)ccc2Br)C1C(=O)O. The van der Waals surface area contributed by atoms with Crippen LogP contribution in [0.2, 0.25) is 0 Å². The third-order valence-electron chi connectivity index (χ3n) is 3.38. The minimum absolute atomic E-state index is 0.0378. The number of carboxylic acid groups (broad SMARTS) is 1. The molecule has 0 bridgehead atoms. The largest absolute Gasteiger partial charge is 0.480 e. The van der Waals surface area contributed by atoms with E-state index in [0.717, 1.165) is 8.95 Å². The second-order valence-electron chi connectivity index (χ2n) is 4.80. The van der Waals surface area contributed by atoms with E-state index in [9.17, 15) is 14.7 Å². The molecule has 1 heterocycles. The summed E-state index contributed by atoms with van der Waals surface area (Å²) in [5.41, 5.74) is 0.605. The van der Waals surface area contributed by atoms with Crippen LogP contribution in [0.5, 0.6) is 0 Å². The standard InChI is InChI=1S/C13H14Br2N2O3/c1-7-4-5-17(11(7)12(18)19)13(20)16-10-6-8(14)2-3-9(10)15/h2-3,6-7,11H,4-5H2,1H3,(H,16,20)(H,18,19). The predicted molar refractivity (Wildman–Crippen MR) is 82.8 cm³/mol. The third kappa shape index (κ3) is 3.15. The van der Waals surface area contributed by atoms with Crippen LogP contribution < -0.4 is 5.32 Å². The summed E-state index contributed by atoms with van der Waals surface area (Å²) in [5, 5.41) is 12.0. The Labute approximate surface area is 133 Å². The molecule has 2 atom stereocenters. The van der Waals surface area contributed by atoms with Gasteiger partial charge in [0, 0.05) is 15.5 Å². The fraction of sp³-hybridized carbons (Fsp3) is 0.385. The Morgan fingerprint density at radius 3 is 2.75 bits per heavy atom. The van der Waals surface area contributed by atoms with Gasteiger partial charge in [-0.05, 0) is 46.5 Å². The average Bonchev–Trinajstić information content (AvgIpc) is 2.76. The van der Waals surface area contributed by atoms with Gasteiger partial charge in [-0.25, -0.2) is 9.59 Å². The van der Waals surface area contributed by atoms with Crippen LogP contribution >= 0.6 is 31.9 Å². The number of hydrogen-bond acceptors (Lipinski definition) is 2. The van der Waals surface area contributed by atoms with Crippen LogP contribution in [0, 0.1) is 5.92 Å². The number of nitrogens with zero attached hydrogens (tertiary/aromatic N) is 1. The third-order valence-corrected chi connectivity index (χ3v) is 4.57. The van der Waals surface area contributed by atoms with E-state index < -0.39 is 12.0 Å². The molecule has 20 heavy (non-hydrogen) atoms. The van der Waals surface area contributed by atoms with E-state index in [1.54, 1.807) is 12.1 Å². The second-order valence-corrected chi connectivity index (χ2v) is 6.57. The summed E-state index contributed by atoms with van der Waals surface area (Å²) >= 11 is 6.69. The maximum absolute atomic E-state index is 12.3. The van der Waals surface area contributed by atoms with Gasteiger partial charge in [-0.1, -0.05) is 22.9 Å². The summed E-state index contributed by atoms with van der Waals surface area (Å²) in [6.07, 6.45) is 0.698. The molecule has 2 amide bonds. The van der Waals surface area contributed by atoms with Crippen molar-refractivity contribution in [3.8, 4) is 0 Å². The first-order chi connectivity index (χ1) is 9.40. The van der Waals surface area contributed by atoms with Crippen LogP contribution in [0.3, 0.4) is 0 Å². The molecule has 0 radical (unpaired) electrons. The van der Waals surface area contributed by atoms with Gasteiger partial charge in [0.05, 0.1) is 5.69 Å². The lowest BCUT2D eigenvalue weighted by Crippen LogP contribution is -2.44. The molecule has 1 aliphatic rings. The van der Waals surface area contributed by atoms with Crippen molar-refractivity contribution in [3.63, 3.8) is 0 Å². The monoisotopic (exact) mass is 404 g/mol. The van der Waals surface area contributed by atoms with E-state index in [0.29, 0.717) is 18.7 Å². The van der Waals surface area contributed by atoms with Crippen LogP contribution in [-0.4, -0.2) is 34.6 Å². The number of carboxylic acids is 1. The highest BCUT2D eigenvalue weighted by Gasteiger charge is 2.39. The van der Waals surface area contributed by atoms with Crippen molar-refractivity contribution < 1.29 is 14.7 Å². The molecule has 0 aliphatic carbocycles. The number of urea groups is 1. The molecule has 2 unspecified atom stereocenters. The Kier molecular flexibility index (Phi) is 4.70. The van der Waals surface area contributed by atoms with Crippen molar-refractivity contribution in [1.82, 2.24) is 4.90 Å². The number of aliphatic carboxylic acids is 1. The summed E-state index contributed by atoms with van der Waals surface area (Å²) < 4.78 is 1.58. The Hall–Kier alpha value is -1.08. The summed E-state index contributed by atoms with van der Waals surface area (Å²) in [4.78, 5) is 24.9. The Morgan fingerprint density at radius 2 is 2.10 bits per heavy atom. The van der Waals surface area contributed by atoms with Crippen LogP contribution in [0.1, 0.15) is 13.3 Å². The van der Waals surface area contributed by atoms with Crippen molar-refractivity contribution in [1.29, 1.82) is 0 Å². The van der Waals surface area contributed by atoms with E-state index >= 15 is 0 Å². The highest BCUT2D eigenvalue weighted by atomic mass is 79.9. The topological polar surface area (TPSA) is 69.6 Å². The Balaban J connectivity index is 2.16. The minimum Gasteiger partial charge on any atom is -0.480 e. The fourth-order valence-corrected chi connectivity index (χ4v) is 3.04. The van der Waals surface area contributed by atoms with Crippen molar-refractivity contribution in [3.05, 3.63) is 27.1 Å². The lowest BCUT2D eigenvalue weighted by molar-refractivity contribution is -0.142. The van der Waals surface area contributed by atoms with Crippen LogP contribution in [-0.2, 0) is 4.79 Å². The second kappa shape index (κ2) is 6.13. The van der Waals surface area contributed by atoms with Crippen molar-refractivity contribution >= 4 is 49.5 Å². The van der Waals surface area contributed by atoms with Gasteiger partial charge in [0.25, 0.3) is 0 Å². The Morgan fingerprint density at radius 1 is 1.40 bits per heavy atom. The van der Waals surface area contributed by atoms with E-state index in [-0.39, 0.29) is 11.9 Å². The molecule has 1 aliphatic heterocycles. The van der Waals surface area contributed by atoms with Gasteiger partial charge in [-0.15, -0.1) is 0 Å². The number of carbonyl (C=O) groups excluding carboxylic acids is 1. The molecule has 1 aromatic carbocycles. The van der Waals surface area contributed by atoms with Gasteiger partial charge in [-0.3, -0.25) is 0 Å². The normalized spacial score (nSPS) is 21.9. The molecule has 1 fully saturated rings. The molecular formula is C13H14Br2N2O3. The van der Waals surface area contributed by atoms with E-state index in [2.05, 4.69) is 37.2 Å². The molecular weight excluding hydrogens is 392 g/mol. The predicted octanol–water partition coefficient (Wildman–Crippen LogP) is 3.54. The first-order valence-corrected chi connectivity index (χ1v) is 7.74. The zero-order chi connectivity index (χ0) is 14.9. The fourth-order valence-electron chi connectivity index (χ4n) is 2.33. The summed E-state index contributed by atoms with van der Waals surface area (Å²) in [6, 6.07) is 4.26. The van der Waals surface area contributed by atoms with Gasteiger partial charge in [0.15, 0.2) is 0 Å². The minimum atomic E-state index is -0.960. The molecule has 108 valence electrons. The number of anilines is 1. The maximum Gasteiger partial charge on any atom is 0.326 e. The summed E-state index contributed by atoms with van der Waals surface area (Å²) in [6.45, 7) is 2.30. The lowest BCUT2D eigenvalue weighted by Gasteiger charge is -2.24. The first kappa shape index (κ1) is 15.3. The molecule has 7 heteroatoms. The van der Waals surface area contributed by atoms with Crippen LogP contribution in [0.15, 0.2) is 27.1 Å². The van der Waals surface area contributed by atoms with Crippen molar-refractivity contribution in [2.45, 2.75) is 19.4 Å². The number of carbonyl (C=O) groups is 2. The number of hydrogen-bond donors (Lipinski definition) is 2. The number of benzene rings is 1. The van der Waals surface area contributed by atoms with E-state index in [4.69, 9.17) is 0 Å². The summed E-state index contributed by atoms with van der Waals surface area (Å²) in [5.74, 6) is -0.998. The van der Waals surface area contributed by atoms with Crippen LogP contribution in [0.25, 0.3) is 0 Å². The van der Waals surface area contributed by atoms with Gasteiger partial charge in [0.1, 0.15) is 6.04 Å². The first-order valence-electron chi connectivity index (χ1n) is 6.15. The molecule has 1 aromatic rings. The zero-order valence-electron chi connectivity index (χ0n) is 10.8. The lowest BCUT2D eigenvalue weighted by atomic mass is 10.0. The Bertz CT molecular complexity index is 550. The number of amides is 2.